The van der Waals surface area contributed by atoms with Gasteiger partial charge in [-0.1, -0.05) is 5.22 Å². The lowest BCUT2D eigenvalue weighted by Gasteiger charge is -2.14. The van der Waals surface area contributed by atoms with E-state index in [0.717, 1.165) is 11.3 Å². The van der Waals surface area contributed by atoms with Crippen molar-refractivity contribution < 1.29 is 13.9 Å². The van der Waals surface area contributed by atoms with E-state index in [4.69, 9.17) is 21.4 Å². The van der Waals surface area contributed by atoms with E-state index >= 15 is 0 Å². The molecule has 10 nitrogen and oxygen atoms in total. The zero-order valence-electron chi connectivity index (χ0n) is 15.5. The van der Waals surface area contributed by atoms with Crippen LogP contribution >= 0.6 is 0 Å². The molecule has 1 aromatic heterocycles. The Bertz CT molecular complexity index is 951. The van der Waals surface area contributed by atoms with Crippen LogP contribution in [0.3, 0.4) is 0 Å². The average Bonchev–Trinajstić information content (AvgIpc) is 3.08. The summed E-state index contributed by atoms with van der Waals surface area (Å²) in [4.78, 5) is 21.6. The highest BCUT2D eigenvalue weighted by atomic mass is 19.1. The van der Waals surface area contributed by atoms with Crippen LogP contribution in [0.1, 0.15) is 6.92 Å². The Hall–Kier alpha value is -3.89. The minimum absolute atomic E-state index is 0.251. The highest BCUT2D eigenvalue weighted by Crippen LogP contribution is 2.29. The number of nitrogens with two attached hydrogens (primary N) is 1. The van der Waals surface area contributed by atoms with Crippen LogP contribution in [0.25, 0.3) is 11.1 Å². The summed E-state index contributed by atoms with van der Waals surface area (Å²) in [5.74, 6) is 0.130. The van der Waals surface area contributed by atoms with Crippen LogP contribution in [0.4, 0.5) is 20.7 Å². The smallest absolute Gasteiger partial charge is 0.414 e. The maximum absolute atomic E-state index is 14.7. The Kier molecular flexibility index (Phi) is 5.77. The molecule has 1 unspecified atom stereocenters. The van der Waals surface area contributed by atoms with Crippen LogP contribution in [0.2, 0.25) is 0 Å². The van der Waals surface area contributed by atoms with Gasteiger partial charge in [-0.25, -0.2) is 14.2 Å². The largest absolute Gasteiger partial charge is 0.442 e. The molecule has 1 aromatic carbocycles. The maximum Gasteiger partial charge on any atom is 0.414 e. The van der Waals surface area contributed by atoms with Gasteiger partial charge in [-0.2, -0.15) is 10.5 Å². The number of nitrogens with one attached hydrogen (secondary N) is 2. The summed E-state index contributed by atoms with van der Waals surface area (Å²) >= 11 is 0. The molecule has 0 saturated carbocycles. The van der Waals surface area contributed by atoms with Crippen LogP contribution in [-0.2, 0) is 4.74 Å². The molecule has 0 radical (unpaired) electrons. The van der Waals surface area contributed by atoms with Crippen molar-refractivity contribution in [1.29, 1.82) is 10.9 Å². The first-order valence-corrected chi connectivity index (χ1v) is 8.60. The Balaban J connectivity index is 1.78. The molecular weight excluding hydrogens is 379 g/mol. The number of aromatic nitrogens is 1. The van der Waals surface area contributed by atoms with E-state index in [1.807, 2.05) is 0 Å². The van der Waals surface area contributed by atoms with Gasteiger partial charge in [-0.05, 0) is 37.3 Å². The van der Waals surface area contributed by atoms with Gasteiger partial charge in [0.1, 0.15) is 18.3 Å². The fourth-order valence-electron chi connectivity index (χ4n) is 2.81. The first kappa shape index (κ1) is 19.9. The third-order valence-corrected chi connectivity index (χ3v) is 4.21. The summed E-state index contributed by atoms with van der Waals surface area (Å²) in [6.45, 7) is 2.15. The number of halogens is 1. The lowest BCUT2D eigenvalue weighted by Crippen LogP contribution is -2.25. The third kappa shape index (κ3) is 4.34. The minimum Gasteiger partial charge on any atom is -0.442 e. The van der Waals surface area contributed by atoms with Crippen LogP contribution in [0, 0.1) is 16.8 Å². The van der Waals surface area contributed by atoms with Gasteiger partial charge in [0.25, 0.3) is 0 Å². The molecule has 1 fully saturated rings. The van der Waals surface area contributed by atoms with Crippen LogP contribution < -0.4 is 15.6 Å². The van der Waals surface area contributed by atoms with Gasteiger partial charge >= 0.3 is 6.09 Å². The fraction of sp³-hybridized carbons (Fsp3) is 0.222. The number of nitrogens with zero attached hydrogens (tertiary/aromatic N) is 5. The van der Waals surface area contributed by atoms with Crippen molar-refractivity contribution in [1.82, 2.24) is 4.98 Å². The molecule has 1 aliphatic rings. The van der Waals surface area contributed by atoms with Gasteiger partial charge < -0.3 is 10.5 Å². The molecule has 1 atom stereocenters. The van der Waals surface area contributed by atoms with Crippen LogP contribution in [0.5, 0.6) is 0 Å². The van der Waals surface area contributed by atoms with Gasteiger partial charge in [-0.3, -0.25) is 15.3 Å². The van der Waals surface area contributed by atoms with Crippen molar-refractivity contribution in [2.45, 2.75) is 13.0 Å². The van der Waals surface area contributed by atoms with Crippen molar-refractivity contribution >= 4 is 29.8 Å². The average molecular weight is 398 g/mol. The molecule has 0 aliphatic carbocycles. The summed E-state index contributed by atoms with van der Waals surface area (Å²) < 4.78 is 20.0. The maximum atomic E-state index is 14.7. The number of aliphatic imine (C=N–C) groups is 1. The Morgan fingerprint density at radius 1 is 1.48 bits per heavy atom. The molecule has 3 rings (SSSR count). The number of cyclic esters (lactones) is 1. The number of amidine groups is 1. The summed E-state index contributed by atoms with van der Waals surface area (Å²) in [6, 6.07) is 7.56. The van der Waals surface area contributed by atoms with E-state index in [0.29, 0.717) is 22.6 Å². The van der Waals surface area contributed by atoms with Crippen LogP contribution in [-0.4, -0.2) is 42.4 Å². The molecule has 0 bridgehead atoms. The number of anilines is 2. The molecule has 4 N–H and O–H groups in total. The number of hydrogen-bond donors (Lipinski definition) is 3. The number of rotatable bonds is 7. The predicted molar refractivity (Wildman–Crippen MR) is 106 cm³/mol. The lowest BCUT2D eigenvalue weighted by molar-refractivity contribution is 0.145. The molecule has 29 heavy (non-hydrogen) atoms. The topological polar surface area (TPSA) is 144 Å². The van der Waals surface area contributed by atoms with Gasteiger partial charge in [-0.15, -0.1) is 0 Å². The van der Waals surface area contributed by atoms with Gasteiger partial charge in [0, 0.05) is 17.3 Å². The molecular formula is C18H19FN8O2. The normalized spacial score (nSPS) is 16.5. The zero-order chi connectivity index (χ0) is 21.0. The second-order valence-electron chi connectivity index (χ2n) is 6.24. The Morgan fingerprint density at radius 2 is 2.28 bits per heavy atom. The molecule has 2 heterocycles. The number of hydrogen-bond acceptors (Lipinski definition) is 7. The quantitative estimate of drug-likeness (QED) is 0.284. The number of amides is 1. The molecule has 1 aliphatic heterocycles. The number of pyridine rings is 1. The lowest BCUT2D eigenvalue weighted by atomic mass is 10.1. The van der Waals surface area contributed by atoms with Gasteiger partial charge in [0.15, 0.2) is 5.82 Å². The fourth-order valence-corrected chi connectivity index (χ4v) is 2.81. The molecule has 2 aromatic rings. The Labute approximate surface area is 165 Å². The third-order valence-electron chi connectivity index (χ3n) is 4.21. The summed E-state index contributed by atoms with van der Waals surface area (Å²) in [6.07, 6.45) is 1.25. The first-order chi connectivity index (χ1) is 13.9. The molecule has 11 heteroatoms. The monoisotopic (exact) mass is 398 g/mol. The standard InChI is InChI=1S/C18H19FN8O2/c1-11(21)23-8-14-9-26(18(28)29-14)13-3-4-15(16(19)6-13)12-2-5-17(24-7-12)27(10-20)25-22/h2-7,10,14,20,22H,8-9H2,1H3,(H2,21,23). The van der Waals surface area contributed by atoms with Crippen LogP contribution in [0.15, 0.2) is 46.7 Å². The summed E-state index contributed by atoms with van der Waals surface area (Å²) in [7, 11) is 0. The van der Waals surface area contributed by atoms with E-state index in [1.54, 1.807) is 25.1 Å². The summed E-state index contributed by atoms with van der Waals surface area (Å²) in [5.41, 5.74) is 13.6. The van der Waals surface area contributed by atoms with Crippen molar-refractivity contribution in [3.05, 3.63) is 42.3 Å². The molecule has 0 spiro atoms. The first-order valence-electron chi connectivity index (χ1n) is 8.60. The van der Waals surface area contributed by atoms with Crippen molar-refractivity contribution in [3.63, 3.8) is 0 Å². The number of carbonyl (C=O) groups is 1. The number of benzene rings is 1. The zero-order valence-corrected chi connectivity index (χ0v) is 15.5. The van der Waals surface area contributed by atoms with Crippen molar-refractivity contribution in [2.24, 2.45) is 15.9 Å². The summed E-state index contributed by atoms with van der Waals surface area (Å²) in [5, 5.41) is 11.2. The highest BCUT2D eigenvalue weighted by molar-refractivity contribution is 5.90. The van der Waals surface area contributed by atoms with E-state index < -0.39 is 18.0 Å². The molecule has 1 saturated heterocycles. The van der Waals surface area contributed by atoms with E-state index in [-0.39, 0.29) is 18.9 Å². The molecule has 1 amide bonds. The second kappa shape index (κ2) is 8.42. The second-order valence-corrected chi connectivity index (χ2v) is 6.24. The Morgan fingerprint density at radius 3 is 2.86 bits per heavy atom. The predicted octanol–water partition coefficient (Wildman–Crippen LogP) is 2.95. The van der Waals surface area contributed by atoms with E-state index in [1.165, 1.54) is 23.2 Å². The van der Waals surface area contributed by atoms with Crippen molar-refractivity contribution in [2.75, 3.05) is 23.0 Å². The minimum atomic E-state index is -0.566. The van der Waals surface area contributed by atoms with E-state index in [9.17, 15) is 9.18 Å². The van der Waals surface area contributed by atoms with Crippen molar-refractivity contribution in [3.8, 4) is 11.1 Å². The number of ether oxygens (including phenoxy) is 1. The number of carbonyl (C=O) groups excluding carboxylic acids is 1. The highest BCUT2D eigenvalue weighted by Gasteiger charge is 2.32. The van der Waals surface area contributed by atoms with Gasteiger partial charge in [0.05, 0.1) is 24.6 Å². The molecule has 150 valence electrons. The SMILES string of the molecule is CC(N)=NCC1CN(c2ccc(-c3ccc(N(C=N)N=N)nc3)c(F)c2)C(=O)O1. The van der Waals surface area contributed by atoms with E-state index in [2.05, 4.69) is 15.2 Å². The van der Waals surface area contributed by atoms with Gasteiger partial charge in [0.2, 0.25) is 0 Å².